The number of pyridine rings is 1. The van der Waals surface area contributed by atoms with E-state index in [1.54, 1.807) is 25.1 Å². The molecule has 7 rings (SSSR count). The summed E-state index contributed by atoms with van der Waals surface area (Å²) in [7, 11) is -0.720. The number of hydrogen-bond acceptors (Lipinski definition) is 10. The first-order valence-electron chi connectivity index (χ1n) is 18.3. The van der Waals surface area contributed by atoms with Crippen LogP contribution in [0.25, 0.3) is 21.6 Å². The number of nitrogens with zero attached hydrogens (tertiary/aromatic N) is 3. The van der Waals surface area contributed by atoms with E-state index in [1.165, 1.54) is 17.4 Å². The van der Waals surface area contributed by atoms with Gasteiger partial charge >= 0.3 is 0 Å². The second kappa shape index (κ2) is 13.9. The number of fused-ring (bicyclic) bond motifs is 3. The van der Waals surface area contributed by atoms with E-state index in [9.17, 15) is 22.8 Å². The second-order valence-corrected chi connectivity index (χ2v) is 18.0. The Hall–Kier alpha value is -4.11. The number of hydrogen-bond donors (Lipinski definition) is 2. The fourth-order valence-corrected chi connectivity index (χ4v) is 9.88. The molecule has 0 bridgehead atoms. The highest BCUT2D eigenvalue weighted by atomic mass is 32.2. The minimum atomic E-state index is -4.02. The van der Waals surface area contributed by atoms with Crippen molar-refractivity contribution in [3.05, 3.63) is 47.0 Å². The maximum Gasteiger partial charge on any atom is 0.263 e. The molecular formula is C38H46FN5O7S2. The molecule has 0 saturated heterocycles. The summed E-state index contributed by atoms with van der Waals surface area (Å²) in [5.74, 6) is -2.45. The lowest BCUT2D eigenvalue weighted by atomic mass is 9.92. The quantitative estimate of drug-likeness (QED) is 0.289. The summed E-state index contributed by atoms with van der Waals surface area (Å²) in [6, 6.07) is 5.54. The van der Waals surface area contributed by atoms with Gasteiger partial charge in [-0.15, -0.1) is 11.3 Å². The molecule has 15 heteroatoms. The summed E-state index contributed by atoms with van der Waals surface area (Å²) < 4.78 is 56.3. The van der Waals surface area contributed by atoms with Crippen LogP contribution in [0, 0.1) is 18.8 Å². The molecule has 3 fully saturated rings. The molecule has 2 aromatic heterocycles. The van der Waals surface area contributed by atoms with Crippen LogP contribution in [0.1, 0.15) is 82.4 Å². The first-order chi connectivity index (χ1) is 25.2. The third kappa shape index (κ3) is 7.02. The zero-order chi connectivity index (χ0) is 37.9. The van der Waals surface area contributed by atoms with Crippen LogP contribution < -0.4 is 19.5 Å². The minimum absolute atomic E-state index is 0.103. The SMILES string of the molecule is COc1ccc2c(O[C@@H]3C[C@H]4C(=O)N[C@@]5(C(=O)NS(=O)(=O)C6CC6)C[C@]5(F)/C=C\CCCCN(C)C(=O)[C@@H]4C3)cc(-c3nc(C(C)C)cs3)nc2c1C. The topological polar surface area (TPSA) is 157 Å². The number of alkyl halides is 1. The molecule has 0 spiro atoms. The van der Waals surface area contributed by atoms with E-state index < -0.39 is 62.7 Å². The van der Waals surface area contributed by atoms with Crippen molar-refractivity contribution in [2.45, 2.75) is 101 Å². The molecule has 53 heavy (non-hydrogen) atoms. The van der Waals surface area contributed by atoms with Crippen LogP contribution in [0.4, 0.5) is 4.39 Å². The Balaban J connectivity index is 1.22. The summed E-state index contributed by atoms with van der Waals surface area (Å²) in [5, 5.41) is 5.36. The van der Waals surface area contributed by atoms with Crippen LogP contribution >= 0.6 is 11.3 Å². The van der Waals surface area contributed by atoms with Gasteiger partial charge < -0.3 is 19.7 Å². The molecule has 3 aromatic rings. The minimum Gasteiger partial charge on any atom is -0.496 e. The van der Waals surface area contributed by atoms with Crippen molar-refractivity contribution in [1.29, 1.82) is 0 Å². The molecule has 3 amide bonds. The molecule has 3 saturated carbocycles. The van der Waals surface area contributed by atoms with Crippen molar-refractivity contribution in [3.63, 3.8) is 0 Å². The Labute approximate surface area is 313 Å². The third-order valence-electron chi connectivity index (χ3n) is 11.1. The van der Waals surface area contributed by atoms with Gasteiger partial charge in [-0.3, -0.25) is 19.1 Å². The number of carbonyl (C=O) groups is 3. The summed E-state index contributed by atoms with van der Waals surface area (Å²) in [6.07, 6.45) is 4.81. The van der Waals surface area contributed by atoms with Crippen LogP contribution in [0.2, 0.25) is 0 Å². The lowest BCUT2D eigenvalue weighted by Crippen LogP contribution is -2.56. The molecule has 0 unspecified atom stereocenters. The predicted octanol–water partition coefficient (Wildman–Crippen LogP) is 5.35. The summed E-state index contributed by atoms with van der Waals surface area (Å²) in [5.41, 5.74) is -1.37. The Bertz CT molecular complexity index is 2100. The van der Waals surface area contributed by atoms with Gasteiger partial charge in [0.2, 0.25) is 21.8 Å². The Morgan fingerprint density at radius 3 is 2.58 bits per heavy atom. The van der Waals surface area contributed by atoms with Crippen LogP contribution in [-0.2, 0) is 24.4 Å². The number of thiazole rings is 1. The maximum atomic E-state index is 16.4. The number of amides is 3. The van der Waals surface area contributed by atoms with E-state index in [-0.39, 0.29) is 24.7 Å². The highest BCUT2D eigenvalue weighted by Gasteiger charge is 2.74. The van der Waals surface area contributed by atoms with Gasteiger partial charge in [-0.25, -0.2) is 22.8 Å². The number of halogens is 1. The average molecular weight is 768 g/mol. The molecule has 3 heterocycles. The number of aromatic nitrogens is 2. The number of aryl methyl sites for hydroxylation is 1. The average Bonchev–Trinajstić information content (AvgIpc) is 3.94. The second-order valence-electron chi connectivity index (χ2n) is 15.2. The monoisotopic (exact) mass is 767 g/mol. The van der Waals surface area contributed by atoms with Crippen LogP contribution in [0.5, 0.6) is 11.5 Å². The summed E-state index contributed by atoms with van der Waals surface area (Å²) >= 11 is 1.48. The van der Waals surface area contributed by atoms with E-state index >= 15 is 4.39 Å². The van der Waals surface area contributed by atoms with Crippen molar-refractivity contribution in [2.75, 3.05) is 20.7 Å². The molecule has 5 atom stereocenters. The normalized spacial score (nSPS) is 28.5. The summed E-state index contributed by atoms with van der Waals surface area (Å²) in [4.78, 5) is 53.3. The van der Waals surface area contributed by atoms with E-state index in [0.29, 0.717) is 61.4 Å². The Morgan fingerprint density at radius 2 is 1.89 bits per heavy atom. The van der Waals surface area contributed by atoms with Gasteiger partial charge in [0.15, 0.2) is 11.2 Å². The lowest BCUT2D eigenvalue weighted by Gasteiger charge is -2.27. The smallest absolute Gasteiger partial charge is 0.263 e. The van der Waals surface area contributed by atoms with Crippen LogP contribution in [0.3, 0.4) is 0 Å². The van der Waals surface area contributed by atoms with Crippen molar-refractivity contribution in [1.82, 2.24) is 24.9 Å². The highest BCUT2D eigenvalue weighted by Crippen LogP contribution is 2.54. The number of benzene rings is 1. The van der Waals surface area contributed by atoms with E-state index in [2.05, 4.69) is 19.2 Å². The molecule has 3 aliphatic carbocycles. The van der Waals surface area contributed by atoms with Gasteiger partial charge in [0.1, 0.15) is 28.3 Å². The number of rotatable bonds is 8. The molecule has 1 aromatic carbocycles. The zero-order valence-corrected chi connectivity index (χ0v) is 32.2. The van der Waals surface area contributed by atoms with Crippen molar-refractivity contribution < 1.29 is 36.7 Å². The van der Waals surface area contributed by atoms with Gasteiger partial charge in [0.25, 0.3) is 5.91 Å². The first kappa shape index (κ1) is 37.2. The number of allylic oxidation sites excluding steroid dienone is 1. The molecular weight excluding hydrogens is 722 g/mol. The van der Waals surface area contributed by atoms with Crippen LogP contribution in [0.15, 0.2) is 35.7 Å². The Morgan fingerprint density at radius 1 is 1.13 bits per heavy atom. The highest BCUT2D eigenvalue weighted by molar-refractivity contribution is 7.91. The van der Waals surface area contributed by atoms with Crippen molar-refractivity contribution in [3.8, 4) is 22.2 Å². The number of ether oxygens (including phenoxy) is 2. The molecule has 284 valence electrons. The molecule has 12 nitrogen and oxygen atoms in total. The summed E-state index contributed by atoms with van der Waals surface area (Å²) in [6.45, 7) is 6.52. The Kier molecular flexibility index (Phi) is 9.79. The molecule has 1 aliphatic heterocycles. The fourth-order valence-electron chi connectivity index (χ4n) is 7.58. The van der Waals surface area contributed by atoms with Gasteiger partial charge in [0, 0.05) is 42.4 Å². The predicted molar refractivity (Wildman–Crippen MR) is 199 cm³/mol. The standard InChI is InChI=1S/C38H46FN5O7S2/c1-21(2)29-19-52-34(41-29)28-18-31(25-12-13-30(50-5)22(3)32(25)40-28)51-23-16-26-27(17-23)35(46)44(4)15-9-7-6-8-14-37(39)20-38(37,42-33(26)45)36(47)43-53(48,49)24-10-11-24/h8,12-14,18-19,21,23-24,26-27H,6-7,9-11,15-17,20H2,1-5H3,(H,42,45)(H,43,47)/b14-8-/t23-,26-,27-,37-,38-/m1/s1. The lowest BCUT2D eigenvalue weighted by molar-refractivity contribution is -0.141. The van der Waals surface area contributed by atoms with E-state index in [1.807, 2.05) is 35.2 Å². The van der Waals surface area contributed by atoms with Crippen molar-refractivity contribution in [2.24, 2.45) is 11.8 Å². The number of methoxy groups -OCH3 is 1. The third-order valence-corrected chi connectivity index (χ3v) is 13.8. The maximum absolute atomic E-state index is 16.4. The number of nitrogens with one attached hydrogen (secondary N) is 2. The zero-order valence-electron chi connectivity index (χ0n) is 30.6. The van der Waals surface area contributed by atoms with E-state index in [4.69, 9.17) is 19.4 Å². The van der Waals surface area contributed by atoms with Gasteiger partial charge in [-0.05, 0) is 76.0 Å². The van der Waals surface area contributed by atoms with Gasteiger partial charge in [-0.1, -0.05) is 19.9 Å². The van der Waals surface area contributed by atoms with Crippen LogP contribution in [-0.4, -0.2) is 84.3 Å². The number of carbonyl (C=O) groups excluding carboxylic acids is 3. The largest absolute Gasteiger partial charge is 0.496 e. The fraction of sp³-hybridized carbons (Fsp3) is 0.553. The first-order valence-corrected chi connectivity index (χ1v) is 20.7. The molecule has 2 N–H and O–H groups in total. The number of sulfonamides is 1. The van der Waals surface area contributed by atoms with Gasteiger partial charge in [0.05, 0.1) is 35.4 Å². The molecule has 0 radical (unpaired) electrons. The van der Waals surface area contributed by atoms with Crippen molar-refractivity contribution >= 4 is 50.0 Å². The molecule has 4 aliphatic rings. The van der Waals surface area contributed by atoms with Gasteiger partial charge in [-0.2, -0.15) is 0 Å². The van der Waals surface area contributed by atoms with E-state index in [0.717, 1.165) is 21.7 Å².